The number of aliphatic hydroxyl groups excluding tert-OH is 1. The van der Waals surface area contributed by atoms with Crippen molar-refractivity contribution < 1.29 is 19.1 Å². The Labute approximate surface area is 117 Å². The van der Waals surface area contributed by atoms with Crippen LogP contribution in [0.1, 0.15) is 42.5 Å². The molecule has 3 N–H and O–H groups in total. The highest BCUT2D eigenvalue weighted by Crippen LogP contribution is 2.23. The van der Waals surface area contributed by atoms with Crippen LogP contribution in [-0.2, 0) is 9.59 Å². The number of rotatable bonds is 5. The van der Waals surface area contributed by atoms with E-state index in [-0.39, 0.29) is 12.6 Å². The molecule has 1 saturated carbocycles. The summed E-state index contributed by atoms with van der Waals surface area (Å²) in [7, 11) is 0. The molecule has 0 aliphatic heterocycles. The van der Waals surface area contributed by atoms with Crippen molar-refractivity contribution in [3.63, 3.8) is 0 Å². The van der Waals surface area contributed by atoms with Crippen LogP contribution in [0.2, 0.25) is 0 Å². The van der Waals surface area contributed by atoms with Gasteiger partial charge in [-0.1, -0.05) is 0 Å². The van der Waals surface area contributed by atoms with Gasteiger partial charge in [0.05, 0.1) is 6.10 Å². The quantitative estimate of drug-likeness (QED) is 0.693. The number of aryl methyl sites for hydroxylation is 2. The number of hydrogen-bond acceptors (Lipinski definition) is 4. The predicted molar refractivity (Wildman–Crippen MR) is 71.9 cm³/mol. The molecule has 1 aliphatic carbocycles. The third-order valence-electron chi connectivity index (χ3n) is 3.26. The molecule has 1 fully saturated rings. The van der Waals surface area contributed by atoms with Gasteiger partial charge in [-0.3, -0.25) is 9.59 Å². The van der Waals surface area contributed by atoms with Gasteiger partial charge in [-0.2, -0.15) is 0 Å². The summed E-state index contributed by atoms with van der Waals surface area (Å²) in [4.78, 5) is 22.9. The average molecular weight is 280 g/mol. The zero-order chi connectivity index (χ0) is 14.7. The molecule has 0 unspecified atom stereocenters. The van der Waals surface area contributed by atoms with Gasteiger partial charge < -0.3 is 20.2 Å². The van der Waals surface area contributed by atoms with E-state index in [4.69, 9.17) is 4.42 Å². The van der Waals surface area contributed by atoms with Crippen molar-refractivity contribution in [2.75, 3.05) is 6.54 Å². The van der Waals surface area contributed by atoms with E-state index in [1.165, 1.54) is 0 Å². The number of aliphatic hydroxyl groups is 1. The second-order valence-corrected chi connectivity index (χ2v) is 5.18. The Bertz CT molecular complexity index is 505. The van der Waals surface area contributed by atoms with Crippen LogP contribution in [0.3, 0.4) is 0 Å². The molecule has 0 saturated heterocycles. The highest BCUT2D eigenvalue weighted by atomic mass is 16.3. The van der Waals surface area contributed by atoms with Crippen molar-refractivity contribution in [2.45, 2.75) is 45.3 Å². The van der Waals surface area contributed by atoms with Crippen LogP contribution in [-0.4, -0.2) is 29.5 Å². The molecule has 2 rings (SSSR count). The lowest BCUT2D eigenvalue weighted by Gasteiger charge is -2.10. The van der Waals surface area contributed by atoms with Gasteiger partial charge in [0, 0.05) is 18.2 Å². The van der Waals surface area contributed by atoms with Gasteiger partial charge in [0.25, 0.3) is 0 Å². The van der Waals surface area contributed by atoms with Gasteiger partial charge in [-0.25, -0.2) is 0 Å². The Morgan fingerprint density at radius 2 is 2.10 bits per heavy atom. The van der Waals surface area contributed by atoms with Gasteiger partial charge in [-0.05, 0) is 39.2 Å². The van der Waals surface area contributed by atoms with E-state index in [2.05, 4.69) is 10.6 Å². The van der Waals surface area contributed by atoms with Crippen molar-refractivity contribution in [2.24, 2.45) is 0 Å². The Morgan fingerprint density at radius 1 is 1.40 bits per heavy atom. The molecule has 0 aromatic carbocycles. The fourth-order valence-electron chi connectivity index (χ4n) is 2.02. The van der Waals surface area contributed by atoms with Crippen molar-refractivity contribution in [3.05, 3.63) is 23.2 Å². The molecule has 1 atom stereocenters. The molecule has 1 aromatic heterocycles. The number of nitrogens with one attached hydrogen (secondary N) is 2. The molecule has 6 nitrogen and oxygen atoms in total. The molecule has 1 aliphatic rings. The average Bonchev–Trinajstić information content (AvgIpc) is 3.12. The van der Waals surface area contributed by atoms with Gasteiger partial charge in [0.15, 0.2) is 0 Å². The lowest BCUT2D eigenvalue weighted by atomic mass is 10.1. The molecule has 1 aromatic rings. The number of amides is 2. The Kier molecular flexibility index (Phi) is 4.44. The lowest BCUT2D eigenvalue weighted by Crippen LogP contribution is -2.41. The Morgan fingerprint density at radius 3 is 2.65 bits per heavy atom. The second-order valence-electron chi connectivity index (χ2n) is 5.18. The molecule has 0 radical (unpaired) electrons. The van der Waals surface area contributed by atoms with Gasteiger partial charge in [0.2, 0.25) is 0 Å². The van der Waals surface area contributed by atoms with Crippen LogP contribution in [0, 0.1) is 13.8 Å². The highest BCUT2D eigenvalue weighted by Gasteiger charge is 2.26. The van der Waals surface area contributed by atoms with Crippen LogP contribution >= 0.6 is 0 Å². The summed E-state index contributed by atoms with van der Waals surface area (Å²) in [6.45, 7) is 3.84. The maximum Gasteiger partial charge on any atom is 0.309 e. The normalized spacial score (nSPS) is 15.8. The Balaban J connectivity index is 1.73. The SMILES string of the molecule is Cc1cc([C@H](O)CCNC(=O)C(=O)NC2CC2)c(C)o1. The molecule has 0 spiro atoms. The summed E-state index contributed by atoms with van der Waals surface area (Å²) in [5, 5.41) is 15.1. The van der Waals surface area contributed by atoms with E-state index >= 15 is 0 Å². The van der Waals surface area contributed by atoms with E-state index in [0.29, 0.717) is 12.2 Å². The first-order chi connectivity index (χ1) is 9.47. The first kappa shape index (κ1) is 14.6. The molecule has 6 heteroatoms. The van der Waals surface area contributed by atoms with Crippen molar-refractivity contribution in [1.29, 1.82) is 0 Å². The summed E-state index contributed by atoms with van der Waals surface area (Å²) in [6, 6.07) is 1.94. The molecular formula is C14H20N2O4. The van der Waals surface area contributed by atoms with E-state index in [9.17, 15) is 14.7 Å². The minimum Gasteiger partial charge on any atom is -0.466 e. The summed E-state index contributed by atoms with van der Waals surface area (Å²) in [6.07, 6.45) is 1.51. The van der Waals surface area contributed by atoms with Crippen LogP contribution < -0.4 is 10.6 Å². The third-order valence-corrected chi connectivity index (χ3v) is 3.26. The van der Waals surface area contributed by atoms with Gasteiger partial charge in [0.1, 0.15) is 11.5 Å². The first-order valence-corrected chi connectivity index (χ1v) is 6.81. The number of carbonyl (C=O) groups is 2. The molecule has 110 valence electrons. The number of carbonyl (C=O) groups excluding carboxylic acids is 2. The molecule has 20 heavy (non-hydrogen) atoms. The van der Waals surface area contributed by atoms with Crippen LogP contribution in [0.25, 0.3) is 0 Å². The van der Waals surface area contributed by atoms with Crippen molar-refractivity contribution in [3.8, 4) is 0 Å². The predicted octanol–water partition coefficient (Wildman–Crippen LogP) is 0.715. The zero-order valence-corrected chi connectivity index (χ0v) is 11.7. The zero-order valence-electron chi connectivity index (χ0n) is 11.7. The summed E-state index contributed by atoms with van der Waals surface area (Å²) >= 11 is 0. The topological polar surface area (TPSA) is 91.6 Å². The first-order valence-electron chi connectivity index (χ1n) is 6.81. The fraction of sp³-hybridized carbons (Fsp3) is 0.571. The lowest BCUT2D eigenvalue weighted by molar-refractivity contribution is -0.139. The van der Waals surface area contributed by atoms with E-state index in [1.54, 1.807) is 13.0 Å². The Hall–Kier alpha value is -1.82. The molecule has 2 amide bonds. The van der Waals surface area contributed by atoms with Crippen molar-refractivity contribution >= 4 is 11.8 Å². The largest absolute Gasteiger partial charge is 0.466 e. The minimum atomic E-state index is -0.709. The highest BCUT2D eigenvalue weighted by molar-refractivity contribution is 6.35. The minimum absolute atomic E-state index is 0.162. The summed E-state index contributed by atoms with van der Waals surface area (Å²) < 4.78 is 5.34. The molecule has 0 bridgehead atoms. The third kappa shape index (κ3) is 3.84. The van der Waals surface area contributed by atoms with Crippen LogP contribution in [0.5, 0.6) is 0 Å². The van der Waals surface area contributed by atoms with E-state index in [1.807, 2.05) is 6.92 Å². The molecular weight excluding hydrogens is 260 g/mol. The van der Waals surface area contributed by atoms with Gasteiger partial charge in [-0.15, -0.1) is 0 Å². The number of furan rings is 1. The number of hydrogen-bond donors (Lipinski definition) is 3. The maximum absolute atomic E-state index is 11.5. The van der Waals surface area contributed by atoms with E-state index < -0.39 is 17.9 Å². The van der Waals surface area contributed by atoms with Crippen LogP contribution in [0.4, 0.5) is 0 Å². The maximum atomic E-state index is 11.5. The van der Waals surface area contributed by atoms with E-state index in [0.717, 1.165) is 24.2 Å². The summed E-state index contributed by atoms with van der Waals surface area (Å²) in [5.74, 6) is 0.165. The van der Waals surface area contributed by atoms with Crippen molar-refractivity contribution in [1.82, 2.24) is 10.6 Å². The second kappa shape index (κ2) is 6.09. The standard InChI is InChI=1S/C14H20N2O4/c1-8-7-11(9(2)20-8)12(17)5-6-15-13(18)14(19)16-10-3-4-10/h7,10,12,17H,3-6H2,1-2H3,(H,15,18)(H,16,19)/t12-/m1/s1. The monoisotopic (exact) mass is 280 g/mol. The van der Waals surface area contributed by atoms with Gasteiger partial charge >= 0.3 is 11.8 Å². The fourth-order valence-corrected chi connectivity index (χ4v) is 2.02. The summed E-state index contributed by atoms with van der Waals surface area (Å²) in [5.41, 5.74) is 0.721. The molecule has 1 heterocycles. The van der Waals surface area contributed by atoms with Crippen LogP contribution in [0.15, 0.2) is 10.5 Å². The smallest absolute Gasteiger partial charge is 0.309 e.